The van der Waals surface area contributed by atoms with E-state index in [1.807, 2.05) is 24.3 Å². The Morgan fingerprint density at radius 3 is 2.26 bits per heavy atom. The maximum absolute atomic E-state index is 16.3. The molecule has 1 N–H and O–H groups in total. The predicted octanol–water partition coefficient (Wildman–Crippen LogP) is 5.47. The second-order valence-corrected chi connectivity index (χ2v) is 22.6. The Kier molecular flexibility index (Phi) is 15.5. The summed E-state index contributed by atoms with van der Waals surface area (Å²) in [6.07, 6.45) is 1.73. The van der Waals surface area contributed by atoms with Crippen LogP contribution in [0.1, 0.15) is 85.5 Å². The number of carbonyl (C=O) groups is 4. The van der Waals surface area contributed by atoms with Crippen LogP contribution in [0.15, 0.2) is 76.8 Å². The smallest absolute Gasteiger partial charge is 0.353 e. The normalized spacial score (nSPS) is 20.6. The molecule has 2 aromatic heterocycles. The number of quaternary nitrogens is 1. The van der Waals surface area contributed by atoms with Gasteiger partial charge in [-0.25, -0.2) is 18.9 Å². The van der Waals surface area contributed by atoms with E-state index in [9.17, 15) is 19.2 Å². The number of piperazine rings is 1. The zero-order chi connectivity index (χ0) is 54.1. The number of thiazole rings is 1. The molecule has 0 aliphatic carbocycles. The van der Waals surface area contributed by atoms with Gasteiger partial charge < -0.3 is 43.2 Å². The summed E-state index contributed by atoms with van der Waals surface area (Å²) >= 11 is 2.78. The lowest BCUT2D eigenvalue weighted by Gasteiger charge is -2.52. The third-order valence-corrected chi connectivity index (χ3v) is 15.7. The Bertz CT molecular complexity index is 3070. The summed E-state index contributed by atoms with van der Waals surface area (Å²) in [6, 6.07) is 16.3. The second kappa shape index (κ2) is 21.9. The Balaban J connectivity index is 0.922. The van der Waals surface area contributed by atoms with E-state index >= 15 is 4.39 Å². The highest BCUT2D eigenvalue weighted by molar-refractivity contribution is 8.00. The van der Waals surface area contributed by atoms with Gasteiger partial charge in [0.2, 0.25) is 11.4 Å². The molecule has 4 aliphatic rings. The Labute approximate surface area is 448 Å². The first-order valence-electron chi connectivity index (χ1n) is 24.7. The Hall–Kier alpha value is -7.05. The molecule has 3 amide bonds. The number of thioether (sulfide) groups is 1. The van der Waals surface area contributed by atoms with E-state index in [0.29, 0.717) is 58.6 Å². The lowest BCUT2D eigenvalue weighted by Crippen LogP contribution is -2.70. The van der Waals surface area contributed by atoms with Gasteiger partial charge in [0.15, 0.2) is 23.0 Å². The van der Waals surface area contributed by atoms with Crippen molar-refractivity contribution >= 4 is 66.2 Å². The highest BCUT2D eigenvalue weighted by Gasteiger charge is 2.56. The van der Waals surface area contributed by atoms with Gasteiger partial charge in [-0.15, -0.1) is 33.3 Å². The molecule has 3 saturated heterocycles. The molecule has 76 heavy (non-hydrogen) atoms. The van der Waals surface area contributed by atoms with Crippen molar-refractivity contribution < 1.29 is 56.6 Å². The summed E-state index contributed by atoms with van der Waals surface area (Å²) in [5, 5.41) is 21.2. The lowest BCUT2D eigenvalue weighted by atomic mass is 10.00. The van der Waals surface area contributed by atoms with Gasteiger partial charge in [-0.2, -0.15) is 0 Å². The highest BCUT2D eigenvalue weighted by Crippen LogP contribution is 2.45. The Morgan fingerprint density at radius 1 is 0.961 bits per heavy atom. The molecule has 24 heteroatoms. The topological polar surface area (TPSA) is 211 Å². The number of nitrogens with zero attached hydrogens (tertiary/aromatic N) is 9. The maximum atomic E-state index is 16.3. The second-order valence-electron chi connectivity index (χ2n) is 20.5. The molecule has 9 rings (SSSR count). The quantitative estimate of drug-likeness (QED) is 0.0288. The molecule has 20 nitrogen and oxygen atoms in total. The van der Waals surface area contributed by atoms with Gasteiger partial charge >= 0.3 is 5.97 Å². The zero-order valence-corrected chi connectivity index (χ0v) is 45.2. The number of carbonyl (C=O) groups excluding carboxylic acids is 4. The maximum Gasteiger partial charge on any atom is 0.353 e. The summed E-state index contributed by atoms with van der Waals surface area (Å²) in [7, 11) is 9.10. The number of hydrogen-bond donors (Lipinski definition) is 1. The summed E-state index contributed by atoms with van der Waals surface area (Å²) in [6.45, 7) is 12.8. The third-order valence-electron chi connectivity index (χ3n) is 13.6. The average Bonchev–Trinajstić information content (AvgIpc) is 4.19. The first kappa shape index (κ1) is 53.8. The van der Waals surface area contributed by atoms with Crippen molar-refractivity contribution in [3.63, 3.8) is 0 Å². The van der Waals surface area contributed by atoms with Crippen molar-refractivity contribution in [3.05, 3.63) is 111 Å². The van der Waals surface area contributed by atoms with Crippen molar-refractivity contribution in [2.75, 3.05) is 52.7 Å². The van der Waals surface area contributed by atoms with Gasteiger partial charge in [-0.1, -0.05) is 34.6 Å². The number of tetrazole rings is 1. The van der Waals surface area contributed by atoms with E-state index in [4.69, 9.17) is 36.5 Å². The van der Waals surface area contributed by atoms with E-state index in [1.165, 1.54) is 43.0 Å². The van der Waals surface area contributed by atoms with Gasteiger partial charge in [0.25, 0.3) is 25.7 Å². The summed E-state index contributed by atoms with van der Waals surface area (Å²) in [5.74, 6) is -0.968. The van der Waals surface area contributed by atoms with Crippen molar-refractivity contribution in [3.8, 4) is 23.0 Å². The number of halogens is 1. The SMILES string of the molecule is [B]n1nnc(C2=C(C[N+]34CCC[C@H]3CN(C(=O)c3cc(F)c(OCc5ccc(OC)cc5)c(OCc5ccc(OC)cc5)c3)CC4)CS[C@@H]3[C@H](NC(=O)/C(=N\OC(C)(C)C(=O)OC(C)(C)C)c4csc(C)n4)C(=O)N23)n1. The average molecular weight is 1080 g/mol. The standard InChI is InChI=1S/C52H58BFN10O10S2/c1-30-55-39(29-75-30)41(59-74-52(5,6)50(68)73-51(2,3)4)46(65)56-42-48(67)62-43(45-57-60-63(53)58-45)34(28-76-49(42)62)25-64-20-9-10-35(64)24-61(19-21-64)47(66)33-22-38(54)44(72-27-32-13-17-37(70-8)18-14-32)40(23-33)71-26-31-11-15-36(69-7)16-12-31/h11-18,22-23,29,35,42,49H,9-10,19-21,24-28H2,1-8H3/p+1/b59-41-/t35-,42+,49+,64?/m0/s1. The molecule has 0 spiro atoms. The molecule has 2 radical (unpaired) electrons. The molecule has 3 aromatic carbocycles. The number of β-lactam (4-membered cyclic amide) rings is 1. The van der Waals surface area contributed by atoms with Crippen molar-refractivity contribution in [1.82, 2.24) is 40.2 Å². The number of nitrogens with one attached hydrogen (secondary N) is 1. The Morgan fingerprint density at radius 2 is 1.64 bits per heavy atom. The number of hydrogen-bond acceptors (Lipinski definition) is 17. The number of fused-ring (bicyclic) bond motifs is 2. The van der Waals surface area contributed by atoms with E-state index in [-0.39, 0.29) is 59.5 Å². The number of esters is 1. The van der Waals surface area contributed by atoms with Gasteiger partial charge in [0, 0.05) is 35.1 Å². The van der Waals surface area contributed by atoms with Gasteiger partial charge in [0.1, 0.15) is 60.0 Å². The van der Waals surface area contributed by atoms with Crippen LogP contribution in [0.2, 0.25) is 0 Å². The summed E-state index contributed by atoms with van der Waals surface area (Å²) < 4.78 is 46.1. The minimum atomic E-state index is -1.57. The number of aromatic nitrogens is 5. The monoisotopic (exact) mass is 1080 g/mol. The van der Waals surface area contributed by atoms with Crippen LogP contribution < -0.4 is 24.3 Å². The molecular formula is C52H59BFN10O10S2+. The summed E-state index contributed by atoms with van der Waals surface area (Å²) in [4.78, 5) is 69.5. The number of methoxy groups -OCH3 is 2. The number of amides is 3. The van der Waals surface area contributed by atoms with Crippen LogP contribution in [-0.2, 0) is 37.2 Å². The minimum absolute atomic E-state index is 0.0174. The van der Waals surface area contributed by atoms with Crippen molar-refractivity contribution in [1.29, 1.82) is 0 Å². The number of ether oxygens (including phenoxy) is 5. The number of aryl methyl sites for hydroxylation is 1. The van der Waals surface area contributed by atoms with Crippen LogP contribution in [0.5, 0.6) is 23.0 Å². The van der Waals surface area contributed by atoms with E-state index in [1.54, 1.807) is 87.4 Å². The van der Waals surface area contributed by atoms with Crippen LogP contribution in [0.3, 0.4) is 0 Å². The van der Waals surface area contributed by atoms with E-state index in [0.717, 1.165) is 40.8 Å². The molecular weight excluding hydrogens is 1020 g/mol. The third kappa shape index (κ3) is 11.5. The first-order chi connectivity index (χ1) is 36.2. The molecule has 0 saturated carbocycles. The summed E-state index contributed by atoms with van der Waals surface area (Å²) in [5.41, 5.74) is 0.681. The molecule has 4 aliphatic heterocycles. The molecule has 398 valence electrons. The van der Waals surface area contributed by atoms with Crippen LogP contribution in [0.4, 0.5) is 4.39 Å². The van der Waals surface area contributed by atoms with Crippen LogP contribution in [0, 0.1) is 12.7 Å². The lowest BCUT2D eigenvalue weighted by molar-refractivity contribution is -0.938. The molecule has 4 atom stereocenters. The molecule has 5 aromatic rings. The van der Waals surface area contributed by atoms with Crippen LogP contribution >= 0.6 is 23.1 Å². The van der Waals surface area contributed by atoms with Gasteiger partial charge in [0.05, 0.1) is 51.1 Å². The number of oxime groups is 1. The predicted molar refractivity (Wildman–Crippen MR) is 280 cm³/mol. The fourth-order valence-corrected chi connectivity index (χ4v) is 11.6. The fraction of sp³-hybridized carbons (Fsp3) is 0.442. The minimum Gasteiger partial charge on any atom is -0.497 e. The molecule has 1 unspecified atom stereocenters. The van der Waals surface area contributed by atoms with Crippen molar-refractivity contribution in [2.24, 2.45) is 5.16 Å². The van der Waals surface area contributed by atoms with Gasteiger partial charge in [-0.05, 0) is 89.1 Å². The van der Waals surface area contributed by atoms with E-state index in [2.05, 4.69) is 30.9 Å². The van der Waals surface area contributed by atoms with E-state index < -0.39 is 46.2 Å². The molecule has 0 bridgehead atoms. The van der Waals surface area contributed by atoms with Crippen LogP contribution in [-0.4, -0.2) is 158 Å². The number of rotatable bonds is 18. The largest absolute Gasteiger partial charge is 0.497 e. The number of benzene rings is 3. The highest BCUT2D eigenvalue weighted by atomic mass is 32.2. The van der Waals surface area contributed by atoms with Crippen LogP contribution in [0.25, 0.3) is 5.70 Å². The zero-order valence-electron chi connectivity index (χ0n) is 43.5. The molecule has 6 heterocycles. The molecule has 3 fully saturated rings. The fourth-order valence-electron chi connectivity index (χ4n) is 9.68. The van der Waals surface area contributed by atoms with Crippen molar-refractivity contribution in [2.45, 2.75) is 96.3 Å². The first-order valence-corrected chi connectivity index (χ1v) is 26.6. The van der Waals surface area contributed by atoms with Gasteiger partial charge in [-0.3, -0.25) is 19.3 Å².